The van der Waals surface area contributed by atoms with Gasteiger partial charge in [-0.25, -0.2) is 0 Å². The predicted molar refractivity (Wildman–Crippen MR) is 157 cm³/mol. The van der Waals surface area contributed by atoms with E-state index in [1.807, 2.05) is 30.3 Å². The highest BCUT2D eigenvalue weighted by molar-refractivity contribution is 5.95. The van der Waals surface area contributed by atoms with Crippen molar-refractivity contribution in [2.24, 2.45) is 5.73 Å². The van der Waals surface area contributed by atoms with E-state index < -0.39 is 60.9 Å². The van der Waals surface area contributed by atoms with Crippen LogP contribution in [0.1, 0.15) is 30.9 Å². The summed E-state index contributed by atoms with van der Waals surface area (Å²) in [6.07, 6.45) is 1.48. The minimum atomic E-state index is -1.37. The summed E-state index contributed by atoms with van der Waals surface area (Å²) in [7, 11) is 0. The second-order valence-corrected chi connectivity index (χ2v) is 10.3. The van der Waals surface area contributed by atoms with E-state index in [9.17, 15) is 34.2 Å². The van der Waals surface area contributed by atoms with Crippen LogP contribution in [-0.4, -0.2) is 95.1 Å². The SMILES string of the molecule is CCNC(=O)[C@@H]1CCCN1C(=O)[C@H](Cc1ccccc1)NC(=O)CNC(=O)[C@@H](CO)NC(=O)[C@@H](N)Cc1ccc(O)cc1. The summed E-state index contributed by atoms with van der Waals surface area (Å²) in [4.78, 5) is 65.7. The van der Waals surface area contributed by atoms with Gasteiger partial charge in [0, 0.05) is 19.5 Å². The molecule has 0 radical (unpaired) electrons. The lowest BCUT2D eigenvalue weighted by atomic mass is 10.0. The highest BCUT2D eigenvalue weighted by atomic mass is 16.3. The van der Waals surface area contributed by atoms with E-state index in [1.165, 1.54) is 17.0 Å². The molecule has 0 aromatic heterocycles. The van der Waals surface area contributed by atoms with E-state index in [1.54, 1.807) is 19.1 Å². The zero-order valence-corrected chi connectivity index (χ0v) is 24.1. The van der Waals surface area contributed by atoms with Crippen molar-refractivity contribution in [3.05, 3.63) is 65.7 Å². The summed E-state index contributed by atoms with van der Waals surface area (Å²) in [6.45, 7) is 1.34. The molecule has 1 fully saturated rings. The molecule has 1 aliphatic rings. The summed E-state index contributed by atoms with van der Waals surface area (Å²) in [5.74, 6) is -2.75. The maximum absolute atomic E-state index is 13.6. The molecule has 3 rings (SSSR count). The van der Waals surface area contributed by atoms with Crippen LogP contribution in [0.5, 0.6) is 5.75 Å². The molecule has 5 amide bonds. The quantitative estimate of drug-likeness (QED) is 0.139. The molecule has 1 saturated heterocycles. The number of phenolic OH excluding ortho intramolecular Hbond substituents is 1. The Morgan fingerprint density at radius 2 is 1.58 bits per heavy atom. The number of benzene rings is 2. The number of rotatable bonds is 14. The first-order valence-corrected chi connectivity index (χ1v) is 14.3. The predicted octanol–water partition coefficient (Wildman–Crippen LogP) is -1.29. The summed E-state index contributed by atoms with van der Waals surface area (Å²) in [6, 6.07) is 11.2. The van der Waals surface area contributed by atoms with E-state index in [2.05, 4.69) is 21.3 Å². The Balaban J connectivity index is 1.59. The monoisotopic (exact) mass is 596 g/mol. The van der Waals surface area contributed by atoms with Crippen LogP contribution >= 0.6 is 0 Å². The number of aromatic hydroxyl groups is 1. The number of nitrogens with two attached hydrogens (primary N) is 1. The Morgan fingerprint density at radius 1 is 0.907 bits per heavy atom. The Kier molecular flexibility index (Phi) is 12.5. The van der Waals surface area contributed by atoms with Crippen molar-refractivity contribution in [3.63, 3.8) is 0 Å². The van der Waals surface area contributed by atoms with Gasteiger partial charge in [-0.3, -0.25) is 24.0 Å². The van der Waals surface area contributed by atoms with Crippen molar-refractivity contribution >= 4 is 29.5 Å². The summed E-state index contributed by atoms with van der Waals surface area (Å²) >= 11 is 0. The maximum atomic E-state index is 13.6. The smallest absolute Gasteiger partial charge is 0.246 e. The van der Waals surface area contributed by atoms with E-state index in [-0.39, 0.29) is 24.5 Å². The first kappa shape index (κ1) is 33.0. The van der Waals surface area contributed by atoms with Crippen molar-refractivity contribution < 1.29 is 34.2 Å². The van der Waals surface area contributed by atoms with Gasteiger partial charge in [-0.05, 0) is 49.4 Å². The Morgan fingerprint density at radius 3 is 2.23 bits per heavy atom. The van der Waals surface area contributed by atoms with Crippen molar-refractivity contribution in [1.29, 1.82) is 0 Å². The molecule has 2 aromatic rings. The standard InChI is InChI=1S/C30H40N6O7/c1-2-32-29(42)25-9-6-14-36(25)30(43)23(16-19-7-4-3-5-8-19)34-26(39)17-33-28(41)24(18-37)35-27(40)22(31)15-20-10-12-21(38)13-11-20/h3-5,7-8,10-13,22-25,37-38H,2,6,9,14-18,31H2,1H3,(H,32,42)(H,33,41)(H,34,39)(H,35,40)/t22-,23-,24+,25-/m0/s1. The molecule has 0 saturated carbocycles. The number of hydrogen-bond donors (Lipinski definition) is 7. The molecule has 1 aliphatic heterocycles. The first-order valence-electron chi connectivity index (χ1n) is 14.3. The topological polar surface area (TPSA) is 203 Å². The van der Waals surface area contributed by atoms with Gasteiger partial charge in [-0.2, -0.15) is 0 Å². The fourth-order valence-corrected chi connectivity index (χ4v) is 4.83. The largest absolute Gasteiger partial charge is 0.508 e. The highest BCUT2D eigenvalue weighted by Crippen LogP contribution is 2.20. The van der Waals surface area contributed by atoms with E-state index >= 15 is 0 Å². The molecule has 0 aliphatic carbocycles. The molecule has 13 nitrogen and oxygen atoms in total. The van der Waals surface area contributed by atoms with Gasteiger partial charge in [-0.1, -0.05) is 42.5 Å². The van der Waals surface area contributed by atoms with E-state index in [0.717, 1.165) is 5.56 Å². The molecule has 1 heterocycles. The van der Waals surface area contributed by atoms with Crippen LogP contribution in [0.2, 0.25) is 0 Å². The van der Waals surface area contributed by atoms with Crippen LogP contribution in [0.25, 0.3) is 0 Å². The molecular weight excluding hydrogens is 556 g/mol. The zero-order chi connectivity index (χ0) is 31.4. The van der Waals surface area contributed by atoms with Crippen LogP contribution in [0.4, 0.5) is 0 Å². The number of phenols is 1. The number of carbonyl (C=O) groups is 5. The van der Waals surface area contributed by atoms with Gasteiger partial charge in [0.2, 0.25) is 29.5 Å². The summed E-state index contributed by atoms with van der Waals surface area (Å²) in [5, 5.41) is 29.3. The molecule has 43 heavy (non-hydrogen) atoms. The van der Waals surface area contributed by atoms with Crippen molar-refractivity contribution in [1.82, 2.24) is 26.2 Å². The van der Waals surface area contributed by atoms with Gasteiger partial charge in [0.15, 0.2) is 0 Å². The number of aliphatic hydroxyl groups excluding tert-OH is 1. The highest BCUT2D eigenvalue weighted by Gasteiger charge is 2.37. The second kappa shape index (κ2) is 16.2. The number of hydrogen-bond acceptors (Lipinski definition) is 8. The van der Waals surface area contributed by atoms with Crippen molar-refractivity contribution in [2.45, 2.75) is 56.8 Å². The summed E-state index contributed by atoms with van der Waals surface area (Å²) < 4.78 is 0. The molecule has 0 unspecified atom stereocenters. The fourth-order valence-electron chi connectivity index (χ4n) is 4.83. The number of carbonyl (C=O) groups excluding carboxylic acids is 5. The number of amides is 5. The third kappa shape index (κ3) is 9.79. The summed E-state index contributed by atoms with van der Waals surface area (Å²) in [5.41, 5.74) is 7.43. The molecule has 0 bridgehead atoms. The third-order valence-corrected chi connectivity index (χ3v) is 7.07. The van der Waals surface area contributed by atoms with E-state index in [0.29, 0.717) is 31.5 Å². The molecule has 2 aromatic carbocycles. The molecule has 13 heteroatoms. The fraction of sp³-hybridized carbons (Fsp3) is 0.433. The zero-order valence-electron chi connectivity index (χ0n) is 24.1. The molecular formula is C30H40N6O7. The van der Waals surface area contributed by atoms with Crippen LogP contribution in [-0.2, 0) is 36.8 Å². The number of likely N-dealkylation sites (tertiary alicyclic amines) is 1. The molecule has 4 atom stereocenters. The lowest BCUT2D eigenvalue weighted by molar-refractivity contribution is -0.141. The molecule has 232 valence electrons. The van der Waals surface area contributed by atoms with Crippen molar-refractivity contribution in [2.75, 3.05) is 26.2 Å². The number of likely N-dealkylation sites (N-methyl/N-ethyl adjacent to an activating group) is 1. The molecule has 0 spiro atoms. The normalized spacial score (nSPS) is 16.4. The van der Waals surface area contributed by atoms with E-state index in [4.69, 9.17) is 5.73 Å². The van der Waals surface area contributed by atoms with Crippen LogP contribution in [0.3, 0.4) is 0 Å². The average Bonchev–Trinajstić information content (AvgIpc) is 3.50. The van der Waals surface area contributed by atoms with Crippen LogP contribution in [0.15, 0.2) is 54.6 Å². The Bertz CT molecular complexity index is 1260. The van der Waals surface area contributed by atoms with Gasteiger partial charge < -0.3 is 42.1 Å². The number of nitrogens with zero attached hydrogens (tertiary/aromatic N) is 1. The number of nitrogens with one attached hydrogen (secondary N) is 4. The van der Waals surface area contributed by atoms with Gasteiger partial charge in [0.1, 0.15) is 23.9 Å². The lowest BCUT2D eigenvalue weighted by Gasteiger charge is -2.29. The second-order valence-electron chi connectivity index (χ2n) is 10.3. The minimum absolute atomic E-state index is 0.0678. The Hall–Kier alpha value is -4.49. The van der Waals surface area contributed by atoms with Gasteiger partial charge in [-0.15, -0.1) is 0 Å². The Labute approximate surface area is 250 Å². The maximum Gasteiger partial charge on any atom is 0.246 e. The molecule has 8 N–H and O–H groups in total. The average molecular weight is 597 g/mol. The van der Waals surface area contributed by atoms with Crippen molar-refractivity contribution in [3.8, 4) is 5.75 Å². The van der Waals surface area contributed by atoms with Gasteiger partial charge >= 0.3 is 0 Å². The first-order chi connectivity index (χ1) is 20.6. The van der Waals surface area contributed by atoms with Gasteiger partial charge in [0.25, 0.3) is 0 Å². The lowest BCUT2D eigenvalue weighted by Crippen LogP contribution is -2.57. The number of aliphatic hydroxyl groups is 1. The minimum Gasteiger partial charge on any atom is -0.508 e. The van der Waals surface area contributed by atoms with Crippen LogP contribution in [0, 0.1) is 0 Å². The van der Waals surface area contributed by atoms with Crippen LogP contribution < -0.4 is 27.0 Å². The van der Waals surface area contributed by atoms with Gasteiger partial charge in [0.05, 0.1) is 19.2 Å². The third-order valence-electron chi connectivity index (χ3n) is 7.07.